The predicted molar refractivity (Wildman–Crippen MR) is 77.8 cm³/mol. The van der Waals surface area contributed by atoms with Gasteiger partial charge in [-0.05, 0) is 32.8 Å². The Balaban J connectivity index is 2.81. The fraction of sp³-hybridized carbons (Fsp3) is 0.615. The van der Waals surface area contributed by atoms with Crippen molar-refractivity contribution >= 4 is 7.60 Å². The molecular weight excluding hydrogens is 279 g/mol. The van der Waals surface area contributed by atoms with Crippen LogP contribution in [0.3, 0.4) is 0 Å². The van der Waals surface area contributed by atoms with Gasteiger partial charge in [0.25, 0.3) is 0 Å². The van der Waals surface area contributed by atoms with Crippen LogP contribution in [0.4, 0.5) is 0 Å². The summed E-state index contributed by atoms with van der Waals surface area (Å²) in [6.07, 6.45) is 2.46. The highest BCUT2D eigenvalue weighted by atomic mass is 31.2. The van der Waals surface area contributed by atoms with Gasteiger partial charge in [0.15, 0.2) is 0 Å². The molecule has 4 N–H and O–H groups in total. The standard InChI is InChI=1S/C13H23N2O4P/c1-5-10-6-15-9(2)12(16)11(10)7-14-8-13(3,4)20(17,18)19/h6,14,16H,5,7-8H2,1-4H3,(H2,17,18,19). The average Bonchev–Trinajstić information content (AvgIpc) is 2.33. The van der Waals surface area contributed by atoms with Gasteiger partial charge in [0, 0.05) is 24.8 Å². The molecule has 0 saturated carbocycles. The smallest absolute Gasteiger partial charge is 0.332 e. The van der Waals surface area contributed by atoms with E-state index < -0.39 is 12.8 Å². The van der Waals surface area contributed by atoms with Crippen LogP contribution >= 0.6 is 7.60 Å². The van der Waals surface area contributed by atoms with Crippen molar-refractivity contribution in [3.63, 3.8) is 0 Å². The second kappa shape index (κ2) is 6.22. The Labute approximate surface area is 119 Å². The van der Waals surface area contributed by atoms with Gasteiger partial charge < -0.3 is 20.2 Å². The van der Waals surface area contributed by atoms with Gasteiger partial charge in [0.1, 0.15) is 5.75 Å². The third kappa shape index (κ3) is 3.79. The van der Waals surface area contributed by atoms with Crippen LogP contribution in [0.25, 0.3) is 0 Å². The zero-order valence-corrected chi connectivity index (χ0v) is 13.2. The first kappa shape index (κ1) is 17.1. The molecule has 0 aromatic carbocycles. The number of aromatic hydroxyl groups is 1. The maximum atomic E-state index is 11.3. The lowest BCUT2D eigenvalue weighted by molar-refractivity contribution is 0.331. The zero-order valence-electron chi connectivity index (χ0n) is 12.3. The van der Waals surface area contributed by atoms with E-state index in [1.165, 1.54) is 13.8 Å². The van der Waals surface area contributed by atoms with Crippen LogP contribution in [0.5, 0.6) is 5.75 Å². The van der Waals surface area contributed by atoms with Gasteiger partial charge in [-0.15, -0.1) is 0 Å². The predicted octanol–water partition coefficient (Wildman–Crippen LogP) is 1.70. The molecule has 0 fully saturated rings. The number of pyridine rings is 1. The lowest BCUT2D eigenvalue weighted by atomic mass is 10.1. The van der Waals surface area contributed by atoms with Crippen molar-refractivity contribution in [2.45, 2.75) is 45.8 Å². The molecule has 0 radical (unpaired) electrons. The van der Waals surface area contributed by atoms with Crippen molar-refractivity contribution in [3.8, 4) is 5.75 Å². The molecule has 0 aliphatic rings. The van der Waals surface area contributed by atoms with E-state index in [-0.39, 0.29) is 12.3 Å². The first-order valence-corrected chi connectivity index (χ1v) is 8.14. The Morgan fingerprint density at radius 3 is 2.50 bits per heavy atom. The van der Waals surface area contributed by atoms with Gasteiger partial charge >= 0.3 is 7.60 Å². The van der Waals surface area contributed by atoms with Crippen molar-refractivity contribution in [2.75, 3.05) is 6.54 Å². The van der Waals surface area contributed by atoms with E-state index in [9.17, 15) is 19.5 Å². The summed E-state index contributed by atoms with van der Waals surface area (Å²) in [4.78, 5) is 22.6. The molecule has 0 saturated heterocycles. The molecule has 6 nitrogen and oxygen atoms in total. The highest BCUT2D eigenvalue weighted by Crippen LogP contribution is 2.49. The fourth-order valence-corrected chi connectivity index (χ4v) is 2.10. The summed E-state index contributed by atoms with van der Waals surface area (Å²) in [7, 11) is -4.17. The van der Waals surface area contributed by atoms with Gasteiger partial charge in [0.2, 0.25) is 0 Å². The van der Waals surface area contributed by atoms with Crippen LogP contribution in [-0.4, -0.2) is 31.6 Å². The Bertz CT molecular complexity index is 525. The summed E-state index contributed by atoms with van der Waals surface area (Å²) >= 11 is 0. The van der Waals surface area contributed by atoms with Crippen molar-refractivity contribution in [1.82, 2.24) is 10.3 Å². The van der Waals surface area contributed by atoms with Crippen LogP contribution in [0.15, 0.2) is 6.20 Å². The normalized spacial score (nSPS) is 12.7. The molecule has 1 aromatic heterocycles. The van der Waals surface area contributed by atoms with E-state index in [0.29, 0.717) is 12.2 Å². The maximum Gasteiger partial charge on any atom is 0.332 e. The minimum absolute atomic E-state index is 0.144. The van der Waals surface area contributed by atoms with Gasteiger partial charge in [-0.1, -0.05) is 6.92 Å². The number of hydrogen-bond acceptors (Lipinski definition) is 4. The molecule has 0 unspecified atom stereocenters. The number of nitrogens with one attached hydrogen (secondary N) is 1. The van der Waals surface area contributed by atoms with E-state index >= 15 is 0 Å². The van der Waals surface area contributed by atoms with Gasteiger partial charge in [-0.2, -0.15) is 0 Å². The van der Waals surface area contributed by atoms with Gasteiger partial charge in [0.05, 0.1) is 10.9 Å². The Kier molecular flexibility index (Phi) is 5.33. The van der Waals surface area contributed by atoms with Crippen LogP contribution in [0.2, 0.25) is 0 Å². The van der Waals surface area contributed by atoms with E-state index in [1.54, 1.807) is 13.1 Å². The molecule has 1 aromatic rings. The fourth-order valence-electron chi connectivity index (χ4n) is 1.78. The van der Waals surface area contributed by atoms with Gasteiger partial charge in [-0.3, -0.25) is 9.55 Å². The van der Waals surface area contributed by atoms with Crippen LogP contribution < -0.4 is 5.32 Å². The summed E-state index contributed by atoms with van der Waals surface area (Å²) in [5.74, 6) is 0.144. The number of aryl methyl sites for hydroxylation is 2. The van der Waals surface area contributed by atoms with E-state index in [1.807, 2.05) is 6.92 Å². The minimum Gasteiger partial charge on any atom is -0.506 e. The zero-order chi connectivity index (χ0) is 15.6. The van der Waals surface area contributed by atoms with Crippen LogP contribution in [0.1, 0.15) is 37.6 Å². The van der Waals surface area contributed by atoms with E-state index in [2.05, 4.69) is 10.3 Å². The molecule has 0 aliphatic carbocycles. The SMILES string of the molecule is CCc1cnc(C)c(O)c1CNCC(C)(C)P(=O)(O)O. The molecule has 0 spiro atoms. The summed E-state index contributed by atoms with van der Waals surface area (Å²) in [5, 5.41) is 11.9. The molecular formula is C13H23N2O4P. The first-order chi connectivity index (χ1) is 9.10. The molecule has 0 aliphatic heterocycles. The van der Waals surface area contributed by atoms with Crippen molar-refractivity contribution in [3.05, 3.63) is 23.0 Å². The highest BCUT2D eigenvalue weighted by molar-refractivity contribution is 7.53. The summed E-state index contributed by atoms with van der Waals surface area (Å²) in [5.41, 5.74) is 2.21. The van der Waals surface area contributed by atoms with E-state index in [0.717, 1.165) is 17.5 Å². The number of hydrogen-bond donors (Lipinski definition) is 4. The number of aromatic nitrogens is 1. The minimum atomic E-state index is -4.17. The van der Waals surface area contributed by atoms with Crippen molar-refractivity contribution in [1.29, 1.82) is 0 Å². The lowest BCUT2D eigenvalue weighted by Crippen LogP contribution is -2.34. The third-order valence-corrected chi connectivity index (χ3v) is 5.19. The molecule has 1 rings (SSSR count). The molecule has 0 atom stereocenters. The lowest BCUT2D eigenvalue weighted by Gasteiger charge is -2.26. The molecule has 1 heterocycles. The number of nitrogens with zero attached hydrogens (tertiary/aromatic N) is 1. The van der Waals surface area contributed by atoms with Gasteiger partial charge in [-0.25, -0.2) is 0 Å². The Morgan fingerprint density at radius 2 is 2.00 bits per heavy atom. The molecule has 7 heteroatoms. The highest BCUT2D eigenvalue weighted by Gasteiger charge is 2.37. The van der Waals surface area contributed by atoms with Crippen LogP contribution in [0, 0.1) is 6.92 Å². The Hall–Kier alpha value is -0.940. The molecule has 0 bridgehead atoms. The second-order valence-corrected chi connectivity index (χ2v) is 7.81. The van der Waals surface area contributed by atoms with Crippen molar-refractivity contribution in [2.24, 2.45) is 0 Å². The first-order valence-electron chi connectivity index (χ1n) is 6.53. The topological polar surface area (TPSA) is 103 Å². The summed E-state index contributed by atoms with van der Waals surface area (Å²) in [6, 6.07) is 0. The average molecular weight is 302 g/mol. The van der Waals surface area contributed by atoms with Crippen LogP contribution in [-0.2, 0) is 17.5 Å². The monoisotopic (exact) mass is 302 g/mol. The molecule has 20 heavy (non-hydrogen) atoms. The molecule has 114 valence electrons. The van der Waals surface area contributed by atoms with Crippen molar-refractivity contribution < 1.29 is 19.5 Å². The summed E-state index contributed by atoms with van der Waals surface area (Å²) in [6.45, 7) is 7.22. The Morgan fingerprint density at radius 1 is 1.40 bits per heavy atom. The largest absolute Gasteiger partial charge is 0.506 e. The number of rotatable bonds is 6. The molecule has 0 amide bonds. The maximum absolute atomic E-state index is 11.3. The van der Waals surface area contributed by atoms with E-state index in [4.69, 9.17) is 0 Å². The second-order valence-electron chi connectivity index (χ2n) is 5.51. The third-order valence-electron chi connectivity index (χ3n) is 3.46. The quantitative estimate of drug-likeness (QED) is 0.597. The summed E-state index contributed by atoms with van der Waals surface area (Å²) < 4.78 is 11.3.